The molecule has 0 aliphatic carbocycles. The molecule has 0 aliphatic rings. The molecule has 8 nitrogen and oxygen atoms in total. The molecular formula is C37H51F3N6O2. The van der Waals surface area contributed by atoms with Crippen LogP contribution in [-0.4, -0.2) is 54.7 Å². The number of aryl methyl sites for hydroxylation is 1. The number of anilines is 2. The Hall–Kier alpha value is -3.86. The van der Waals surface area contributed by atoms with Crippen molar-refractivity contribution in [2.24, 2.45) is 12.5 Å². The van der Waals surface area contributed by atoms with Crippen LogP contribution in [0.1, 0.15) is 83.1 Å². The SMILES string of the molecule is Cn1cc(-c2cnc3ccc(N(c4cc(OC(C)(C)C)cc(OC(C)(C)C)c4)C(C)(C)C(C)(C)C(C)(C)NCC(F)(F)F)cc3n2)cn1. The van der Waals surface area contributed by atoms with Crippen molar-refractivity contribution < 1.29 is 22.6 Å². The van der Waals surface area contributed by atoms with Gasteiger partial charge in [0.15, 0.2) is 0 Å². The van der Waals surface area contributed by atoms with Gasteiger partial charge < -0.3 is 19.7 Å². The second-order valence-corrected chi connectivity index (χ2v) is 16.0. The summed E-state index contributed by atoms with van der Waals surface area (Å²) in [6.07, 6.45) is 0.983. The number of aromatic nitrogens is 4. The van der Waals surface area contributed by atoms with E-state index >= 15 is 0 Å². The molecule has 0 atom stereocenters. The molecule has 0 spiro atoms. The van der Waals surface area contributed by atoms with Crippen LogP contribution in [0, 0.1) is 5.41 Å². The number of hydrogen-bond acceptors (Lipinski definition) is 7. The fourth-order valence-electron chi connectivity index (χ4n) is 5.72. The first-order chi connectivity index (χ1) is 21.8. The maximum absolute atomic E-state index is 13.5. The first-order valence-corrected chi connectivity index (χ1v) is 16.2. The third-order valence-electron chi connectivity index (χ3n) is 9.14. The predicted molar refractivity (Wildman–Crippen MR) is 187 cm³/mol. The normalized spacial score (nSPS) is 13.6. The van der Waals surface area contributed by atoms with Gasteiger partial charge in [0.2, 0.25) is 0 Å². The minimum absolute atomic E-state index is 0.498. The fourth-order valence-corrected chi connectivity index (χ4v) is 5.72. The lowest BCUT2D eigenvalue weighted by Crippen LogP contribution is -2.66. The first-order valence-electron chi connectivity index (χ1n) is 16.2. The number of halogens is 3. The van der Waals surface area contributed by atoms with Crippen molar-refractivity contribution in [1.82, 2.24) is 25.1 Å². The molecule has 4 aromatic rings. The largest absolute Gasteiger partial charge is 0.488 e. The highest BCUT2D eigenvalue weighted by molar-refractivity contribution is 5.83. The standard InChI is InChI=1S/C37H51F3N6O2/c1-32(2,3)47-27-16-26(17-28(19-27)48-33(4,5)6)46(36(11,12)34(7,8)35(9,10)42-23-37(38,39)40)25-14-15-29-30(18-25)44-31(21-41-29)24-20-43-45(13)22-24/h14-22,42H,23H2,1-13H3. The molecule has 0 unspecified atom stereocenters. The van der Waals surface area contributed by atoms with Gasteiger partial charge in [-0.1, -0.05) is 13.8 Å². The second kappa shape index (κ2) is 12.5. The van der Waals surface area contributed by atoms with Crippen LogP contribution >= 0.6 is 0 Å². The van der Waals surface area contributed by atoms with Crippen LogP contribution < -0.4 is 19.7 Å². The van der Waals surface area contributed by atoms with Crippen molar-refractivity contribution in [3.63, 3.8) is 0 Å². The molecule has 4 rings (SSSR count). The molecule has 2 aromatic carbocycles. The van der Waals surface area contributed by atoms with E-state index in [1.807, 2.05) is 133 Å². The smallest absolute Gasteiger partial charge is 0.401 e. The minimum atomic E-state index is -4.36. The van der Waals surface area contributed by atoms with Crippen LogP contribution in [0.3, 0.4) is 0 Å². The van der Waals surface area contributed by atoms with Crippen LogP contribution in [0.5, 0.6) is 11.5 Å². The van der Waals surface area contributed by atoms with Crippen LogP contribution in [0.15, 0.2) is 55.0 Å². The zero-order chi connectivity index (χ0) is 36.1. The molecule has 0 fully saturated rings. The van der Waals surface area contributed by atoms with E-state index in [-0.39, 0.29) is 0 Å². The molecule has 2 heterocycles. The second-order valence-electron chi connectivity index (χ2n) is 16.0. The Balaban J connectivity index is 1.98. The molecule has 1 N–H and O–H groups in total. The summed E-state index contributed by atoms with van der Waals surface area (Å²) in [6.45, 7) is 22.5. The Kier molecular flexibility index (Phi) is 9.66. The van der Waals surface area contributed by atoms with Gasteiger partial charge in [0.25, 0.3) is 0 Å². The summed E-state index contributed by atoms with van der Waals surface area (Å²) in [6, 6.07) is 11.6. The molecule has 0 saturated carbocycles. The highest BCUT2D eigenvalue weighted by atomic mass is 19.4. The van der Waals surface area contributed by atoms with Gasteiger partial charge in [-0.25, -0.2) is 4.98 Å². The number of hydrogen-bond donors (Lipinski definition) is 1. The van der Waals surface area contributed by atoms with E-state index in [0.717, 1.165) is 16.9 Å². The van der Waals surface area contributed by atoms with E-state index in [1.165, 1.54) is 0 Å². The Morgan fingerprint density at radius 2 is 1.33 bits per heavy atom. The predicted octanol–water partition coefficient (Wildman–Crippen LogP) is 9.26. The lowest BCUT2D eigenvalue weighted by Gasteiger charge is -2.57. The summed E-state index contributed by atoms with van der Waals surface area (Å²) in [5, 5.41) is 7.09. The van der Waals surface area contributed by atoms with Crippen LogP contribution in [0.25, 0.3) is 22.3 Å². The number of nitrogens with one attached hydrogen (secondary N) is 1. The van der Waals surface area contributed by atoms with Gasteiger partial charge in [0, 0.05) is 64.9 Å². The van der Waals surface area contributed by atoms with Crippen molar-refractivity contribution in [1.29, 1.82) is 0 Å². The third kappa shape index (κ3) is 8.40. The van der Waals surface area contributed by atoms with Gasteiger partial charge in [-0.2, -0.15) is 18.3 Å². The summed E-state index contributed by atoms with van der Waals surface area (Å²) in [5.41, 5.74) is 0.833. The maximum Gasteiger partial charge on any atom is 0.401 e. The Labute approximate surface area is 283 Å². The van der Waals surface area contributed by atoms with Gasteiger partial charge in [-0.05, 0) is 87.4 Å². The number of fused-ring (bicyclic) bond motifs is 1. The molecule has 48 heavy (non-hydrogen) atoms. The van der Waals surface area contributed by atoms with Gasteiger partial charge in [0.1, 0.15) is 22.7 Å². The highest BCUT2D eigenvalue weighted by Gasteiger charge is 2.52. The summed E-state index contributed by atoms with van der Waals surface area (Å²) >= 11 is 0. The van der Waals surface area contributed by atoms with E-state index in [2.05, 4.69) is 20.3 Å². The van der Waals surface area contributed by atoms with Crippen LogP contribution in [-0.2, 0) is 7.05 Å². The topological polar surface area (TPSA) is 77.3 Å². The van der Waals surface area contributed by atoms with Crippen LogP contribution in [0.4, 0.5) is 24.5 Å². The van der Waals surface area contributed by atoms with Crippen molar-refractivity contribution in [2.45, 2.75) is 112 Å². The van der Waals surface area contributed by atoms with E-state index in [9.17, 15) is 13.2 Å². The summed E-state index contributed by atoms with van der Waals surface area (Å²) < 4.78 is 55.0. The number of alkyl halides is 3. The maximum atomic E-state index is 13.5. The molecule has 0 saturated heterocycles. The van der Waals surface area contributed by atoms with Gasteiger partial charge in [-0.3, -0.25) is 9.67 Å². The van der Waals surface area contributed by atoms with E-state index in [0.29, 0.717) is 28.2 Å². The molecule has 11 heteroatoms. The molecule has 0 aliphatic heterocycles. The summed E-state index contributed by atoms with van der Waals surface area (Å²) in [5.74, 6) is 1.21. The minimum Gasteiger partial charge on any atom is -0.488 e. The van der Waals surface area contributed by atoms with E-state index in [4.69, 9.17) is 14.5 Å². The average molecular weight is 669 g/mol. The molecule has 2 aromatic heterocycles. The molecular weight excluding hydrogens is 617 g/mol. The molecule has 0 amide bonds. The zero-order valence-electron chi connectivity index (χ0n) is 30.6. The zero-order valence-corrected chi connectivity index (χ0v) is 30.6. The van der Waals surface area contributed by atoms with Crippen LogP contribution in [0.2, 0.25) is 0 Å². The van der Waals surface area contributed by atoms with E-state index in [1.54, 1.807) is 17.1 Å². The number of nitrogens with zero attached hydrogens (tertiary/aromatic N) is 5. The van der Waals surface area contributed by atoms with Crippen molar-refractivity contribution in [3.05, 3.63) is 55.0 Å². The Bertz CT molecular complexity index is 1710. The van der Waals surface area contributed by atoms with E-state index < -0.39 is 40.4 Å². The van der Waals surface area contributed by atoms with Crippen molar-refractivity contribution >= 4 is 22.4 Å². The van der Waals surface area contributed by atoms with Gasteiger partial charge >= 0.3 is 6.18 Å². The molecule has 0 radical (unpaired) electrons. The lowest BCUT2D eigenvalue weighted by molar-refractivity contribution is -0.132. The number of rotatable bonds is 10. The average Bonchev–Trinajstić information content (AvgIpc) is 3.35. The van der Waals surface area contributed by atoms with Crippen molar-refractivity contribution in [2.75, 3.05) is 11.4 Å². The first kappa shape index (κ1) is 37.0. The summed E-state index contributed by atoms with van der Waals surface area (Å²) in [4.78, 5) is 11.8. The highest BCUT2D eigenvalue weighted by Crippen LogP contribution is 2.50. The quantitative estimate of drug-likeness (QED) is 0.181. The molecule has 0 bridgehead atoms. The molecule has 262 valence electrons. The Morgan fingerprint density at radius 3 is 1.83 bits per heavy atom. The number of benzene rings is 2. The van der Waals surface area contributed by atoms with Gasteiger partial charge in [0.05, 0.1) is 35.7 Å². The van der Waals surface area contributed by atoms with Crippen molar-refractivity contribution in [3.8, 4) is 22.8 Å². The third-order valence-corrected chi connectivity index (χ3v) is 9.14. The van der Waals surface area contributed by atoms with Gasteiger partial charge in [-0.15, -0.1) is 0 Å². The monoisotopic (exact) mass is 668 g/mol. The Morgan fingerprint density at radius 1 is 0.750 bits per heavy atom. The fraction of sp³-hybridized carbons (Fsp3) is 0.541. The summed E-state index contributed by atoms with van der Waals surface area (Å²) in [7, 11) is 1.85. The number of ether oxygens (including phenoxy) is 2. The lowest BCUT2D eigenvalue weighted by atomic mass is 9.61.